The minimum atomic E-state index is -0.425. The Morgan fingerprint density at radius 3 is 2.23 bits per heavy atom. The summed E-state index contributed by atoms with van der Waals surface area (Å²) in [5.41, 5.74) is 7.79. The highest BCUT2D eigenvalue weighted by Gasteiger charge is 2.04. The zero-order valence-electron chi connectivity index (χ0n) is 13.1. The Kier molecular flexibility index (Phi) is 6.07. The lowest BCUT2D eigenvalue weighted by Gasteiger charge is -2.04. The number of unbranched alkanes of at least 4 members (excludes halogenated alkanes) is 4. The Hall–Kier alpha value is -2.23. The van der Waals surface area contributed by atoms with Gasteiger partial charge in [0.2, 0.25) is 5.91 Å². The molecule has 116 valence electrons. The molecule has 2 rings (SSSR count). The van der Waals surface area contributed by atoms with Crippen LogP contribution in [0.3, 0.4) is 0 Å². The maximum atomic E-state index is 11.1. The number of nitrogens with two attached hydrogens (primary N) is 1. The van der Waals surface area contributed by atoms with Crippen LogP contribution >= 0.6 is 0 Å². The van der Waals surface area contributed by atoms with Crippen LogP contribution in [0.15, 0.2) is 36.7 Å². The predicted molar refractivity (Wildman–Crippen MR) is 88.4 cm³/mol. The van der Waals surface area contributed by atoms with Gasteiger partial charge >= 0.3 is 0 Å². The molecule has 0 bridgehead atoms. The number of hydrogen-bond acceptors (Lipinski definition) is 3. The van der Waals surface area contributed by atoms with Crippen molar-refractivity contribution >= 4 is 5.91 Å². The maximum absolute atomic E-state index is 11.1. The van der Waals surface area contributed by atoms with Gasteiger partial charge in [0.05, 0.1) is 0 Å². The number of benzene rings is 1. The largest absolute Gasteiger partial charge is 0.366 e. The third-order valence-electron chi connectivity index (χ3n) is 3.70. The van der Waals surface area contributed by atoms with Gasteiger partial charge in [-0.3, -0.25) is 4.79 Å². The number of nitrogens with zero attached hydrogens (tertiary/aromatic N) is 2. The van der Waals surface area contributed by atoms with Gasteiger partial charge in [0.15, 0.2) is 5.82 Å². The first kappa shape index (κ1) is 16.1. The van der Waals surface area contributed by atoms with E-state index in [9.17, 15) is 4.79 Å². The minimum absolute atomic E-state index is 0.425. The first-order valence-corrected chi connectivity index (χ1v) is 7.92. The molecule has 0 unspecified atom stereocenters. The summed E-state index contributed by atoms with van der Waals surface area (Å²) in [7, 11) is 0. The fraction of sp³-hybridized carbons (Fsp3) is 0.389. The highest BCUT2D eigenvalue weighted by atomic mass is 16.1. The molecule has 1 aromatic heterocycles. The van der Waals surface area contributed by atoms with Gasteiger partial charge in [-0.1, -0.05) is 44.7 Å². The summed E-state index contributed by atoms with van der Waals surface area (Å²) < 4.78 is 0. The average Bonchev–Trinajstić information content (AvgIpc) is 2.55. The molecule has 4 heteroatoms. The number of amides is 1. The van der Waals surface area contributed by atoms with Crippen LogP contribution in [0.25, 0.3) is 11.4 Å². The van der Waals surface area contributed by atoms with Crippen LogP contribution in [0.4, 0.5) is 0 Å². The SMILES string of the molecule is CCCCCCCc1cnc(-c2ccc(C(N)=O)cc2)nc1. The van der Waals surface area contributed by atoms with Crippen molar-refractivity contribution in [2.45, 2.75) is 45.4 Å². The van der Waals surface area contributed by atoms with E-state index in [1.54, 1.807) is 12.1 Å². The van der Waals surface area contributed by atoms with Gasteiger partial charge in [-0.15, -0.1) is 0 Å². The van der Waals surface area contributed by atoms with Crippen LogP contribution in [0.2, 0.25) is 0 Å². The second-order valence-corrected chi connectivity index (χ2v) is 5.52. The molecule has 0 saturated heterocycles. The third-order valence-corrected chi connectivity index (χ3v) is 3.70. The van der Waals surface area contributed by atoms with Crippen molar-refractivity contribution in [2.75, 3.05) is 0 Å². The Morgan fingerprint density at radius 2 is 1.64 bits per heavy atom. The molecule has 0 aliphatic rings. The summed E-state index contributed by atoms with van der Waals surface area (Å²) in [5.74, 6) is 0.247. The Bertz CT molecular complexity index is 591. The summed E-state index contributed by atoms with van der Waals surface area (Å²) >= 11 is 0. The quantitative estimate of drug-likeness (QED) is 0.754. The van der Waals surface area contributed by atoms with Crippen molar-refractivity contribution in [3.63, 3.8) is 0 Å². The van der Waals surface area contributed by atoms with E-state index in [-0.39, 0.29) is 0 Å². The Morgan fingerprint density at radius 1 is 1.00 bits per heavy atom. The number of aryl methyl sites for hydroxylation is 1. The lowest BCUT2D eigenvalue weighted by atomic mass is 10.1. The average molecular weight is 297 g/mol. The summed E-state index contributed by atoms with van der Waals surface area (Å²) in [6.07, 6.45) is 11.2. The van der Waals surface area contributed by atoms with Gasteiger partial charge < -0.3 is 5.73 Å². The maximum Gasteiger partial charge on any atom is 0.248 e. The first-order chi connectivity index (χ1) is 10.7. The van der Waals surface area contributed by atoms with Gasteiger partial charge in [0.1, 0.15) is 0 Å². The molecule has 0 aliphatic heterocycles. The third kappa shape index (κ3) is 4.65. The molecule has 0 radical (unpaired) electrons. The molecule has 0 spiro atoms. The second-order valence-electron chi connectivity index (χ2n) is 5.52. The number of rotatable bonds is 8. The van der Waals surface area contributed by atoms with Crippen molar-refractivity contribution in [2.24, 2.45) is 5.73 Å². The molecule has 1 amide bonds. The van der Waals surface area contributed by atoms with E-state index >= 15 is 0 Å². The van der Waals surface area contributed by atoms with Crippen LogP contribution in [-0.4, -0.2) is 15.9 Å². The smallest absolute Gasteiger partial charge is 0.248 e. The molecule has 0 aliphatic carbocycles. The van der Waals surface area contributed by atoms with Crippen LogP contribution in [0.5, 0.6) is 0 Å². The summed E-state index contributed by atoms with van der Waals surface area (Å²) in [6.45, 7) is 2.22. The van der Waals surface area contributed by atoms with Gasteiger partial charge in [-0.2, -0.15) is 0 Å². The van der Waals surface area contributed by atoms with Gasteiger partial charge in [0, 0.05) is 23.5 Å². The standard InChI is InChI=1S/C18H23N3O/c1-2-3-4-5-6-7-14-12-20-18(21-13-14)16-10-8-15(9-11-16)17(19)22/h8-13H,2-7H2,1H3,(H2,19,22). The molecule has 2 N–H and O–H groups in total. The molecular weight excluding hydrogens is 274 g/mol. The van der Waals surface area contributed by atoms with Crippen molar-refractivity contribution in [3.05, 3.63) is 47.8 Å². The fourth-order valence-corrected chi connectivity index (χ4v) is 2.35. The first-order valence-electron chi connectivity index (χ1n) is 7.92. The van der Waals surface area contributed by atoms with Crippen molar-refractivity contribution in [3.8, 4) is 11.4 Å². The van der Waals surface area contributed by atoms with E-state index < -0.39 is 5.91 Å². The van der Waals surface area contributed by atoms with Gasteiger partial charge in [-0.05, 0) is 30.5 Å². The highest BCUT2D eigenvalue weighted by molar-refractivity contribution is 5.93. The fourth-order valence-electron chi connectivity index (χ4n) is 2.35. The van der Waals surface area contributed by atoms with Crippen LogP contribution in [-0.2, 0) is 6.42 Å². The molecule has 1 heterocycles. The minimum Gasteiger partial charge on any atom is -0.366 e. The van der Waals surface area contributed by atoms with Crippen molar-refractivity contribution < 1.29 is 4.79 Å². The van der Waals surface area contributed by atoms with E-state index in [1.165, 1.54) is 37.7 Å². The van der Waals surface area contributed by atoms with E-state index in [0.717, 1.165) is 12.0 Å². The van der Waals surface area contributed by atoms with E-state index in [0.29, 0.717) is 11.4 Å². The van der Waals surface area contributed by atoms with Crippen LogP contribution in [0.1, 0.15) is 54.9 Å². The van der Waals surface area contributed by atoms with Crippen LogP contribution in [0, 0.1) is 0 Å². The topological polar surface area (TPSA) is 68.9 Å². The molecular formula is C18H23N3O. The molecule has 0 atom stereocenters. The second kappa shape index (κ2) is 8.27. The Balaban J connectivity index is 1.92. The summed E-state index contributed by atoms with van der Waals surface area (Å²) in [4.78, 5) is 19.9. The van der Waals surface area contributed by atoms with Crippen molar-refractivity contribution in [1.29, 1.82) is 0 Å². The molecule has 0 saturated carbocycles. The molecule has 2 aromatic rings. The molecule has 22 heavy (non-hydrogen) atoms. The number of carbonyl (C=O) groups excluding carboxylic acids is 1. The zero-order chi connectivity index (χ0) is 15.8. The lowest BCUT2D eigenvalue weighted by Crippen LogP contribution is -2.10. The number of aromatic nitrogens is 2. The molecule has 0 fully saturated rings. The normalized spacial score (nSPS) is 10.6. The number of carbonyl (C=O) groups is 1. The molecule has 1 aromatic carbocycles. The lowest BCUT2D eigenvalue weighted by molar-refractivity contribution is 0.100. The van der Waals surface area contributed by atoms with E-state index in [4.69, 9.17) is 5.73 Å². The molecule has 4 nitrogen and oxygen atoms in total. The number of primary amides is 1. The summed E-state index contributed by atoms with van der Waals surface area (Å²) in [5, 5.41) is 0. The van der Waals surface area contributed by atoms with E-state index in [2.05, 4.69) is 16.9 Å². The van der Waals surface area contributed by atoms with Gasteiger partial charge in [-0.25, -0.2) is 9.97 Å². The Labute approximate surface area is 131 Å². The number of hydrogen-bond donors (Lipinski definition) is 1. The highest BCUT2D eigenvalue weighted by Crippen LogP contribution is 2.16. The zero-order valence-corrected chi connectivity index (χ0v) is 13.1. The summed E-state index contributed by atoms with van der Waals surface area (Å²) in [6, 6.07) is 7.03. The van der Waals surface area contributed by atoms with E-state index in [1.807, 2.05) is 24.5 Å². The monoisotopic (exact) mass is 297 g/mol. The van der Waals surface area contributed by atoms with Crippen molar-refractivity contribution in [1.82, 2.24) is 9.97 Å². The van der Waals surface area contributed by atoms with Crippen LogP contribution < -0.4 is 5.73 Å². The predicted octanol–water partition coefficient (Wildman–Crippen LogP) is 3.76. The van der Waals surface area contributed by atoms with Gasteiger partial charge in [0.25, 0.3) is 0 Å².